The molecule has 0 aromatic heterocycles. The van der Waals surface area contributed by atoms with E-state index in [1.54, 1.807) is 0 Å². The van der Waals surface area contributed by atoms with E-state index in [0.717, 1.165) is 36.9 Å². The molecule has 1 fully saturated rings. The van der Waals surface area contributed by atoms with Crippen LogP contribution in [0.4, 0.5) is 0 Å². The molecule has 81 valence electrons. The van der Waals surface area contributed by atoms with Crippen molar-refractivity contribution in [2.75, 3.05) is 19.6 Å². The van der Waals surface area contributed by atoms with Crippen molar-refractivity contribution in [3.05, 3.63) is 34.3 Å². The first kappa shape index (κ1) is 11.1. The van der Waals surface area contributed by atoms with Crippen LogP contribution in [0.25, 0.3) is 0 Å². The number of nitrogens with zero attached hydrogens (tertiary/aromatic N) is 1. The highest BCUT2D eigenvalue weighted by Crippen LogP contribution is 2.12. The van der Waals surface area contributed by atoms with Gasteiger partial charge in [-0.05, 0) is 30.5 Å². The van der Waals surface area contributed by atoms with Gasteiger partial charge in [-0.1, -0.05) is 28.1 Å². The first-order valence-corrected chi connectivity index (χ1v) is 6.25. The van der Waals surface area contributed by atoms with E-state index in [0.29, 0.717) is 6.04 Å². The van der Waals surface area contributed by atoms with Crippen LogP contribution in [-0.2, 0) is 6.42 Å². The topological polar surface area (TPSA) is 26.1 Å². The van der Waals surface area contributed by atoms with Crippen molar-refractivity contribution in [3.8, 4) is 0 Å². The van der Waals surface area contributed by atoms with Crippen LogP contribution >= 0.6 is 15.9 Å². The molecule has 1 N–H and O–H groups in total. The molecule has 1 radical (unpaired) electrons. The van der Waals surface area contributed by atoms with Gasteiger partial charge in [0.05, 0.1) is 0 Å². The lowest BCUT2D eigenvalue weighted by molar-refractivity contribution is 0.392. The van der Waals surface area contributed by atoms with Gasteiger partial charge >= 0.3 is 0 Å². The number of benzene rings is 1. The van der Waals surface area contributed by atoms with Gasteiger partial charge in [0.1, 0.15) is 0 Å². The van der Waals surface area contributed by atoms with Crippen LogP contribution in [0.3, 0.4) is 0 Å². The number of piperazine rings is 1. The molecule has 1 atom stereocenters. The van der Waals surface area contributed by atoms with Gasteiger partial charge in [0.2, 0.25) is 0 Å². The van der Waals surface area contributed by atoms with Gasteiger partial charge in [-0.15, -0.1) is 0 Å². The van der Waals surface area contributed by atoms with E-state index in [9.17, 15) is 0 Å². The standard InChI is InChI=1S/C12H16BrN2/c13-11-4-1-10(2-5-11)3-6-12-9-14-7-8-15-12/h1-2,4-5,12,14H,3,6-9H2. The Balaban J connectivity index is 1.79. The first-order valence-electron chi connectivity index (χ1n) is 5.46. The molecule has 0 spiro atoms. The fraction of sp³-hybridized carbons (Fsp3) is 0.500. The zero-order valence-electron chi connectivity index (χ0n) is 8.75. The van der Waals surface area contributed by atoms with Crippen LogP contribution < -0.4 is 10.6 Å². The number of rotatable bonds is 3. The zero-order valence-corrected chi connectivity index (χ0v) is 10.3. The molecule has 1 unspecified atom stereocenters. The second-order valence-electron chi connectivity index (χ2n) is 3.93. The molecule has 0 aliphatic carbocycles. The lowest BCUT2D eigenvalue weighted by atomic mass is 10.0. The summed E-state index contributed by atoms with van der Waals surface area (Å²) in [4.78, 5) is 0. The van der Waals surface area contributed by atoms with E-state index in [4.69, 9.17) is 0 Å². The van der Waals surface area contributed by atoms with E-state index in [1.807, 2.05) is 0 Å². The van der Waals surface area contributed by atoms with Gasteiger partial charge < -0.3 is 5.32 Å². The average molecular weight is 268 g/mol. The molecule has 1 aliphatic rings. The minimum atomic E-state index is 0.516. The summed E-state index contributed by atoms with van der Waals surface area (Å²) in [7, 11) is 0. The minimum Gasteiger partial charge on any atom is -0.314 e. The van der Waals surface area contributed by atoms with Gasteiger partial charge in [0, 0.05) is 30.1 Å². The Kier molecular flexibility index (Phi) is 4.18. The summed E-state index contributed by atoms with van der Waals surface area (Å²) in [5, 5.41) is 7.97. The Morgan fingerprint density at radius 2 is 2.13 bits per heavy atom. The third kappa shape index (κ3) is 3.59. The Bertz CT molecular complexity index is 291. The maximum absolute atomic E-state index is 4.59. The molecule has 1 saturated heterocycles. The summed E-state index contributed by atoms with van der Waals surface area (Å²) in [6, 6.07) is 9.08. The molecule has 15 heavy (non-hydrogen) atoms. The molecule has 0 amide bonds. The zero-order chi connectivity index (χ0) is 10.5. The second kappa shape index (κ2) is 5.64. The molecule has 0 saturated carbocycles. The van der Waals surface area contributed by atoms with Crippen molar-refractivity contribution in [2.45, 2.75) is 18.9 Å². The molecule has 1 aromatic rings. The quantitative estimate of drug-likeness (QED) is 0.891. The number of aryl methyl sites for hydroxylation is 1. The van der Waals surface area contributed by atoms with Crippen molar-refractivity contribution in [3.63, 3.8) is 0 Å². The van der Waals surface area contributed by atoms with Crippen LogP contribution in [0.5, 0.6) is 0 Å². The molecular formula is C12H16BrN2. The Hall–Kier alpha value is -0.380. The highest BCUT2D eigenvalue weighted by Gasteiger charge is 2.12. The van der Waals surface area contributed by atoms with E-state index in [2.05, 4.69) is 50.8 Å². The molecule has 1 heterocycles. The Labute approximate surface area is 99.6 Å². The molecule has 0 bridgehead atoms. The van der Waals surface area contributed by atoms with E-state index in [-0.39, 0.29) is 0 Å². The third-order valence-electron chi connectivity index (χ3n) is 2.74. The summed E-state index contributed by atoms with van der Waals surface area (Å²) in [6.07, 6.45) is 2.29. The number of nitrogens with one attached hydrogen (secondary N) is 1. The fourth-order valence-corrected chi connectivity index (χ4v) is 2.10. The fourth-order valence-electron chi connectivity index (χ4n) is 1.84. The smallest absolute Gasteiger partial charge is 0.0374 e. The predicted molar refractivity (Wildman–Crippen MR) is 66.1 cm³/mol. The molecule has 2 nitrogen and oxygen atoms in total. The Morgan fingerprint density at radius 1 is 1.33 bits per heavy atom. The van der Waals surface area contributed by atoms with Crippen LogP contribution in [-0.4, -0.2) is 25.7 Å². The highest BCUT2D eigenvalue weighted by molar-refractivity contribution is 9.10. The van der Waals surface area contributed by atoms with E-state index in [1.165, 1.54) is 5.56 Å². The second-order valence-corrected chi connectivity index (χ2v) is 4.84. The first-order chi connectivity index (χ1) is 7.34. The molecule has 1 aromatic carbocycles. The van der Waals surface area contributed by atoms with Crippen molar-refractivity contribution < 1.29 is 0 Å². The monoisotopic (exact) mass is 267 g/mol. The van der Waals surface area contributed by atoms with Gasteiger partial charge in [0.25, 0.3) is 0 Å². The maximum Gasteiger partial charge on any atom is 0.0374 e. The van der Waals surface area contributed by atoms with Crippen LogP contribution in [0.15, 0.2) is 28.7 Å². The van der Waals surface area contributed by atoms with Crippen LogP contribution in [0.1, 0.15) is 12.0 Å². The van der Waals surface area contributed by atoms with Crippen molar-refractivity contribution in [1.29, 1.82) is 0 Å². The van der Waals surface area contributed by atoms with Gasteiger partial charge in [-0.25, -0.2) is 5.32 Å². The SMILES string of the molecule is Brc1ccc(CCC2CNCC[N]2)cc1. The minimum absolute atomic E-state index is 0.516. The number of hydrogen-bond donors (Lipinski definition) is 1. The molecule has 1 aliphatic heterocycles. The van der Waals surface area contributed by atoms with Gasteiger partial charge in [-0.3, -0.25) is 0 Å². The summed E-state index contributed by atoms with van der Waals surface area (Å²) < 4.78 is 1.15. The molecule has 3 heteroatoms. The summed E-state index contributed by atoms with van der Waals surface area (Å²) in [5.74, 6) is 0. The summed E-state index contributed by atoms with van der Waals surface area (Å²) in [5.41, 5.74) is 1.40. The highest BCUT2D eigenvalue weighted by atomic mass is 79.9. The normalized spacial score (nSPS) is 21.5. The van der Waals surface area contributed by atoms with Crippen LogP contribution in [0.2, 0.25) is 0 Å². The Morgan fingerprint density at radius 3 is 2.80 bits per heavy atom. The molecule has 2 rings (SSSR count). The van der Waals surface area contributed by atoms with E-state index >= 15 is 0 Å². The average Bonchev–Trinajstić information content (AvgIpc) is 2.30. The maximum atomic E-state index is 4.59. The lowest BCUT2D eigenvalue weighted by Crippen LogP contribution is -2.44. The summed E-state index contributed by atoms with van der Waals surface area (Å²) in [6.45, 7) is 3.08. The van der Waals surface area contributed by atoms with Crippen molar-refractivity contribution in [2.24, 2.45) is 0 Å². The number of hydrogen-bond acceptors (Lipinski definition) is 1. The van der Waals surface area contributed by atoms with Gasteiger partial charge in [-0.2, -0.15) is 0 Å². The largest absolute Gasteiger partial charge is 0.314 e. The molecular weight excluding hydrogens is 252 g/mol. The lowest BCUT2D eigenvalue weighted by Gasteiger charge is -2.22. The number of halogens is 1. The summed E-state index contributed by atoms with van der Waals surface area (Å²) >= 11 is 3.44. The van der Waals surface area contributed by atoms with E-state index < -0.39 is 0 Å². The van der Waals surface area contributed by atoms with Crippen LogP contribution in [0, 0.1) is 0 Å². The third-order valence-corrected chi connectivity index (χ3v) is 3.26. The van der Waals surface area contributed by atoms with Crippen molar-refractivity contribution in [1.82, 2.24) is 10.6 Å². The predicted octanol–water partition coefficient (Wildman–Crippen LogP) is 1.96. The van der Waals surface area contributed by atoms with Gasteiger partial charge in [0.15, 0.2) is 0 Å². The van der Waals surface area contributed by atoms with Crippen molar-refractivity contribution >= 4 is 15.9 Å².